The molecule has 1 aliphatic heterocycles. The molecular weight excluding hydrogens is 201 g/mol. The van der Waals surface area contributed by atoms with Crippen LogP contribution >= 0.6 is 0 Å². The van der Waals surface area contributed by atoms with Crippen molar-refractivity contribution in [1.29, 1.82) is 0 Å². The van der Waals surface area contributed by atoms with Crippen LogP contribution in [-0.4, -0.2) is 19.6 Å². The largest absolute Gasteiger partial charge is 0.679 e. The van der Waals surface area contributed by atoms with Crippen LogP contribution in [0.1, 0.15) is 12.8 Å². The Bertz CT molecular complexity index is 89.6. The molecule has 0 aromatic carbocycles. The van der Waals surface area contributed by atoms with Gasteiger partial charge in [0.05, 0.1) is 0 Å². The Balaban J connectivity index is 0.000000810. The molecule has 1 aliphatic rings. The predicted octanol–water partition coefficient (Wildman–Crippen LogP) is 1.24. The summed E-state index contributed by atoms with van der Waals surface area (Å²) < 4.78 is 0. The molecule has 0 atom stereocenters. The average molecular weight is 215 g/mol. The maximum atomic E-state index is 7.20. The van der Waals surface area contributed by atoms with Crippen molar-refractivity contribution in [2.75, 3.05) is 19.6 Å². The number of piperidine rings is 1. The Morgan fingerprint density at radius 1 is 1.40 bits per heavy atom. The smallest absolute Gasteiger partial charge is 0 e. The van der Waals surface area contributed by atoms with E-state index in [-0.39, 0.29) is 38.1 Å². The summed E-state index contributed by atoms with van der Waals surface area (Å²) >= 11 is 0. The Hall–Kier alpha value is 1.02. The van der Waals surface area contributed by atoms with E-state index in [0.717, 1.165) is 25.9 Å². The molecule has 10 heavy (non-hydrogen) atoms. The molecule has 2 nitrogen and oxygen atoms in total. The van der Waals surface area contributed by atoms with E-state index in [1.54, 1.807) is 0 Å². The summed E-state index contributed by atoms with van der Waals surface area (Å²) in [6, 6.07) is 0. The molecule has 0 aromatic rings. The van der Waals surface area contributed by atoms with Gasteiger partial charge >= 0.3 is 0 Å². The molecule has 0 unspecified atom stereocenters. The molecule has 0 aliphatic carbocycles. The van der Waals surface area contributed by atoms with Crippen molar-refractivity contribution in [1.82, 2.24) is 5.32 Å². The van der Waals surface area contributed by atoms with E-state index in [1.165, 1.54) is 0 Å². The first-order chi connectivity index (χ1) is 4.27. The topological polar surface area (TPSA) is 35.8 Å². The fourth-order valence-electron chi connectivity index (χ4n) is 1.13. The van der Waals surface area contributed by atoms with E-state index in [0.29, 0.717) is 6.54 Å². The van der Waals surface area contributed by atoms with Crippen LogP contribution in [0.2, 0.25) is 0 Å². The van der Waals surface area contributed by atoms with Gasteiger partial charge in [-0.25, -0.2) is 0 Å². The van der Waals surface area contributed by atoms with E-state index < -0.39 is 0 Å². The Kier molecular flexibility index (Phi) is 5.30. The molecule has 0 aromatic heterocycles. The summed E-state index contributed by atoms with van der Waals surface area (Å²) in [6.45, 7) is 6.59. The quantitative estimate of drug-likeness (QED) is 0.656. The summed E-state index contributed by atoms with van der Waals surface area (Å²) in [4.78, 5) is 0. The minimum Gasteiger partial charge on any atom is -0.679 e. The van der Waals surface area contributed by atoms with Gasteiger partial charge in [0.15, 0.2) is 0 Å². The molecule has 2 N–H and O–H groups in total. The van der Waals surface area contributed by atoms with Gasteiger partial charge < -0.3 is 18.0 Å². The van der Waals surface area contributed by atoms with Crippen LogP contribution in [0, 0.1) is 12.3 Å². The van der Waals surface area contributed by atoms with Gasteiger partial charge in [-0.05, 0) is 13.1 Å². The first-order valence-electron chi connectivity index (χ1n) is 3.47. The zero-order valence-electron chi connectivity index (χ0n) is 6.32. The van der Waals surface area contributed by atoms with E-state index >= 15 is 0 Å². The van der Waals surface area contributed by atoms with Crippen molar-refractivity contribution < 1.29 is 32.7 Å². The standard InChI is InChI=1S/C7H14N2.Y/c1-7(6-8)2-4-9-5-3-7;/h8-9H,1-6H2;/q-2;. The van der Waals surface area contributed by atoms with Crippen LogP contribution in [0.15, 0.2) is 0 Å². The van der Waals surface area contributed by atoms with Gasteiger partial charge in [0.1, 0.15) is 0 Å². The molecule has 1 radical (unpaired) electrons. The number of hydrogen-bond acceptors (Lipinski definition) is 1. The third kappa shape index (κ3) is 2.95. The number of hydrogen-bond donors (Lipinski definition) is 1. The molecule has 0 saturated carbocycles. The Morgan fingerprint density at radius 2 is 1.90 bits per heavy atom. The Labute approximate surface area is 88.2 Å². The molecule has 1 heterocycles. The first kappa shape index (κ1) is 11.0. The molecule has 1 saturated heterocycles. The molecule has 57 valence electrons. The van der Waals surface area contributed by atoms with Crippen LogP contribution in [0.25, 0.3) is 5.73 Å². The second-order valence-corrected chi connectivity index (χ2v) is 2.93. The summed E-state index contributed by atoms with van der Waals surface area (Å²) in [5.74, 6) is 0. The Morgan fingerprint density at radius 3 is 2.20 bits per heavy atom. The maximum Gasteiger partial charge on any atom is 0 e. The summed E-state index contributed by atoms with van der Waals surface area (Å²) in [5.41, 5.74) is 7.28. The molecule has 0 amide bonds. The third-order valence-electron chi connectivity index (χ3n) is 2.04. The fourth-order valence-corrected chi connectivity index (χ4v) is 1.13. The van der Waals surface area contributed by atoms with E-state index in [2.05, 4.69) is 12.2 Å². The predicted molar refractivity (Wildman–Crippen MR) is 39.1 cm³/mol. The van der Waals surface area contributed by atoms with Gasteiger partial charge in [0, 0.05) is 32.7 Å². The minimum atomic E-state index is 0. The van der Waals surface area contributed by atoms with Gasteiger partial charge in [0.2, 0.25) is 0 Å². The zero-order chi connectivity index (χ0) is 6.74. The van der Waals surface area contributed by atoms with Crippen LogP contribution in [-0.2, 0) is 32.7 Å². The van der Waals surface area contributed by atoms with Gasteiger partial charge in [0.25, 0.3) is 0 Å². The monoisotopic (exact) mass is 215 g/mol. The van der Waals surface area contributed by atoms with Gasteiger partial charge in [-0.15, -0.1) is 0 Å². The van der Waals surface area contributed by atoms with Crippen molar-refractivity contribution in [2.45, 2.75) is 12.8 Å². The molecule has 3 heteroatoms. The van der Waals surface area contributed by atoms with Crippen LogP contribution in [0.3, 0.4) is 0 Å². The van der Waals surface area contributed by atoms with Crippen molar-refractivity contribution in [2.24, 2.45) is 5.41 Å². The third-order valence-corrected chi connectivity index (χ3v) is 2.04. The van der Waals surface area contributed by atoms with Gasteiger partial charge in [-0.3, -0.25) is 0 Å². The molecule has 0 bridgehead atoms. The van der Waals surface area contributed by atoms with Crippen molar-refractivity contribution in [3.63, 3.8) is 0 Å². The van der Waals surface area contributed by atoms with Crippen molar-refractivity contribution in [3.05, 3.63) is 12.7 Å². The fraction of sp³-hybridized carbons (Fsp3) is 0.857. The first-order valence-corrected chi connectivity index (χ1v) is 3.47. The minimum absolute atomic E-state index is 0. The SMILES string of the molecule is [CH2-]C1(C[NH-])CCNCC1.[Y]. The second kappa shape index (κ2) is 4.81. The van der Waals surface area contributed by atoms with Crippen LogP contribution in [0.4, 0.5) is 0 Å². The van der Waals surface area contributed by atoms with E-state index in [1.807, 2.05) is 0 Å². The van der Waals surface area contributed by atoms with E-state index in [4.69, 9.17) is 5.73 Å². The van der Waals surface area contributed by atoms with Crippen LogP contribution in [0.5, 0.6) is 0 Å². The van der Waals surface area contributed by atoms with Crippen molar-refractivity contribution >= 4 is 0 Å². The maximum absolute atomic E-state index is 7.20. The van der Waals surface area contributed by atoms with Gasteiger partial charge in [-0.2, -0.15) is 12.0 Å². The second-order valence-electron chi connectivity index (χ2n) is 2.93. The molecule has 1 rings (SSSR count). The number of nitrogens with one attached hydrogen (secondary N) is 2. The molecular formula is C7H14N2Y-2. The van der Waals surface area contributed by atoms with Crippen molar-refractivity contribution in [3.8, 4) is 0 Å². The number of rotatable bonds is 1. The van der Waals surface area contributed by atoms with E-state index in [9.17, 15) is 0 Å². The van der Waals surface area contributed by atoms with Gasteiger partial charge in [-0.1, -0.05) is 12.8 Å². The zero-order valence-corrected chi connectivity index (χ0v) is 9.16. The summed E-state index contributed by atoms with van der Waals surface area (Å²) in [6.07, 6.45) is 2.13. The summed E-state index contributed by atoms with van der Waals surface area (Å²) in [7, 11) is 0. The summed E-state index contributed by atoms with van der Waals surface area (Å²) in [5, 5.41) is 3.25. The molecule has 0 spiro atoms. The molecule has 1 fully saturated rings. The normalized spacial score (nSPS) is 23.4. The average Bonchev–Trinajstić information content (AvgIpc) is 1.90. The van der Waals surface area contributed by atoms with Crippen LogP contribution < -0.4 is 5.32 Å².